The van der Waals surface area contributed by atoms with E-state index in [4.69, 9.17) is 18.7 Å². The first kappa shape index (κ1) is 17.4. The van der Waals surface area contributed by atoms with Crippen molar-refractivity contribution in [3.8, 4) is 23.1 Å². The van der Waals surface area contributed by atoms with Crippen molar-refractivity contribution in [2.75, 3.05) is 0 Å². The molecular formula is C21H14N2O5. The van der Waals surface area contributed by atoms with E-state index in [2.05, 4.69) is 11.1 Å². The zero-order chi connectivity index (χ0) is 19.7. The molecule has 0 fully saturated rings. The summed E-state index contributed by atoms with van der Waals surface area (Å²) < 4.78 is 16.8. The highest BCUT2D eigenvalue weighted by atomic mass is 16.5. The monoisotopic (exact) mass is 374 g/mol. The van der Waals surface area contributed by atoms with Gasteiger partial charge in [-0.25, -0.2) is 9.78 Å². The van der Waals surface area contributed by atoms with E-state index in [1.165, 1.54) is 12.1 Å². The molecule has 28 heavy (non-hydrogen) atoms. The number of carboxylic acids is 1. The van der Waals surface area contributed by atoms with E-state index < -0.39 is 5.97 Å². The van der Waals surface area contributed by atoms with Crippen LogP contribution in [0.15, 0.2) is 57.4 Å². The molecule has 0 saturated carbocycles. The molecule has 0 amide bonds. The molecule has 4 rings (SSSR count). The topological polar surface area (TPSA) is 109 Å². The van der Waals surface area contributed by atoms with E-state index in [-0.39, 0.29) is 18.1 Å². The van der Waals surface area contributed by atoms with Gasteiger partial charge in [-0.15, -0.1) is 0 Å². The molecule has 0 unspecified atom stereocenters. The number of aromatic nitrogens is 1. The number of carboxylic acid groups (broad SMARTS) is 1. The van der Waals surface area contributed by atoms with Crippen LogP contribution in [0.4, 0.5) is 0 Å². The lowest BCUT2D eigenvalue weighted by atomic mass is 10.1. The first-order chi connectivity index (χ1) is 13.5. The Morgan fingerprint density at radius 3 is 2.75 bits per heavy atom. The van der Waals surface area contributed by atoms with Gasteiger partial charge in [-0.3, -0.25) is 0 Å². The Balaban J connectivity index is 1.55. The first-order valence-corrected chi connectivity index (χ1v) is 8.40. The second-order valence-corrected chi connectivity index (χ2v) is 6.12. The van der Waals surface area contributed by atoms with Crippen molar-refractivity contribution >= 4 is 17.1 Å². The molecule has 0 aliphatic carbocycles. The van der Waals surface area contributed by atoms with Crippen LogP contribution in [0.25, 0.3) is 22.4 Å². The average molecular weight is 374 g/mol. The highest BCUT2D eigenvalue weighted by Crippen LogP contribution is 2.28. The minimum atomic E-state index is -1.04. The van der Waals surface area contributed by atoms with E-state index in [0.717, 1.165) is 11.3 Å². The third-order valence-electron chi connectivity index (χ3n) is 4.16. The number of fused-ring (bicyclic) bond motifs is 1. The zero-order valence-electron chi connectivity index (χ0n) is 14.8. The summed E-state index contributed by atoms with van der Waals surface area (Å²) in [5.74, 6) is 1.10. The maximum absolute atomic E-state index is 11.0. The molecule has 1 N–H and O–H groups in total. The Labute approximate surface area is 159 Å². The van der Waals surface area contributed by atoms with Gasteiger partial charge in [0.25, 0.3) is 0 Å². The van der Waals surface area contributed by atoms with Crippen molar-refractivity contribution in [1.82, 2.24) is 4.98 Å². The van der Waals surface area contributed by atoms with Crippen LogP contribution in [0, 0.1) is 18.3 Å². The van der Waals surface area contributed by atoms with Crippen LogP contribution in [-0.2, 0) is 6.61 Å². The van der Waals surface area contributed by atoms with Gasteiger partial charge in [0.2, 0.25) is 5.89 Å². The van der Waals surface area contributed by atoms with Gasteiger partial charge in [0.15, 0.2) is 12.2 Å². The van der Waals surface area contributed by atoms with E-state index in [1.807, 2.05) is 19.1 Å². The molecule has 4 aromatic rings. The van der Waals surface area contributed by atoms with Crippen LogP contribution in [0.1, 0.15) is 27.6 Å². The van der Waals surface area contributed by atoms with Gasteiger partial charge in [0.1, 0.15) is 28.9 Å². The van der Waals surface area contributed by atoms with Crippen molar-refractivity contribution in [2.24, 2.45) is 0 Å². The second-order valence-electron chi connectivity index (χ2n) is 6.12. The molecule has 0 radical (unpaired) electrons. The Morgan fingerprint density at radius 1 is 1.18 bits per heavy atom. The van der Waals surface area contributed by atoms with Crippen LogP contribution < -0.4 is 4.74 Å². The number of aromatic carboxylic acids is 1. The standard InChI is InChI=1S/C21H14N2O5/c1-12-2-6-18(27-12)13-4-7-17(15(8-13)10-22)26-11-20-23-16-5-3-14(21(24)25)9-19(16)28-20/h2-9H,11H2,1H3,(H,24,25). The van der Waals surface area contributed by atoms with Crippen LogP contribution in [-0.4, -0.2) is 16.1 Å². The molecule has 7 heteroatoms. The quantitative estimate of drug-likeness (QED) is 0.546. The van der Waals surface area contributed by atoms with E-state index >= 15 is 0 Å². The number of hydrogen-bond donors (Lipinski definition) is 1. The van der Waals surface area contributed by atoms with Crippen molar-refractivity contribution in [3.63, 3.8) is 0 Å². The Bertz CT molecular complexity index is 1230. The maximum Gasteiger partial charge on any atom is 0.335 e. The fraction of sp³-hybridized carbons (Fsp3) is 0.0952. The predicted octanol–water partition coefficient (Wildman–Crippen LogP) is 4.55. The Hall–Kier alpha value is -4.05. The number of nitriles is 1. The number of carbonyl (C=O) groups is 1. The molecule has 0 saturated heterocycles. The van der Waals surface area contributed by atoms with Crippen LogP contribution in [0.5, 0.6) is 5.75 Å². The van der Waals surface area contributed by atoms with E-state index in [0.29, 0.717) is 28.2 Å². The number of nitrogens with zero attached hydrogens (tertiary/aromatic N) is 2. The SMILES string of the molecule is Cc1ccc(-c2ccc(OCc3nc4ccc(C(=O)O)cc4o3)c(C#N)c2)o1. The van der Waals surface area contributed by atoms with E-state index in [9.17, 15) is 10.1 Å². The van der Waals surface area contributed by atoms with Gasteiger partial charge in [0, 0.05) is 5.56 Å². The maximum atomic E-state index is 11.0. The minimum Gasteiger partial charge on any atom is -0.482 e. The molecule has 7 nitrogen and oxygen atoms in total. The van der Waals surface area contributed by atoms with E-state index in [1.54, 1.807) is 24.3 Å². The van der Waals surface area contributed by atoms with Crippen LogP contribution >= 0.6 is 0 Å². The smallest absolute Gasteiger partial charge is 0.335 e. The number of ether oxygens (including phenoxy) is 1. The molecule has 0 aliphatic heterocycles. The second kappa shape index (κ2) is 6.93. The molecule has 0 spiro atoms. The Morgan fingerprint density at radius 2 is 2.04 bits per heavy atom. The molecule has 2 aromatic heterocycles. The van der Waals surface area contributed by atoms with Gasteiger partial charge < -0.3 is 18.7 Å². The van der Waals surface area contributed by atoms with Gasteiger partial charge in [-0.2, -0.15) is 5.26 Å². The summed E-state index contributed by atoms with van der Waals surface area (Å²) in [6.45, 7) is 1.86. The lowest BCUT2D eigenvalue weighted by Crippen LogP contribution is -1.97. The minimum absolute atomic E-state index is 0.00493. The largest absolute Gasteiger partial charge is 0.482 e. The molecule has 138 valence electrons. The lowest BCUT2D eigenvalue weighted by Gasteiger charge is -2.07. The fourth-order valence-corrected chi connectivity index (χ4v) is 2.79. The summed E-state index contributed by atoms with van der Waals surface area (Å²) in [6, 6.07) is 15.4. The molecule has 2 heterocycles. The summed E-state index contributed by atoms with van der Waals surface area (Å²) >= 11 is 0. The van der Waals surface area contributed by atoms with Gasteiger partial charge in [-0.1, -0.05) is 0 Å². The Kier molecular flexibility index (Phi) is 4.30. The van der Waals surface area contributed by atoms with Crippen molar-refractivity contribution in [1.29, 1.82) is 5.26 Å². The first-order valence-electron chi connectivity index (χ1n) is 8.40. The van der Waals surface area contributed by atoms with Crippen molar-refractivity contribution in [3.05, 3.63) is 71.3 Å². The number of furan rings is 1. The van der Waals surface area contributed by atoms with Crippen molar-refractivity contribution < 1.29 is 23.5 Å². The fourth-order valence-electron chi connectivity index (χ4n) is 2.79. The van der Waals surface area contributed by atoms with Crippen LogP contribution in [0.2, 0.25) is 0 Å². The number of rotatable bonds is 5. The lowest BCUT2D eigenvalue weighted by molar-refractivity contribution is 0.0697. The highest BCUT2D eigenvalue weighted by Gasteiger charge is 2.13. The molecule has 2 aromatic carbocycles. The van der Waals surface area contributed by atoms with Gasteiger partial charge >= 0.3 is 5.97 Å². The summed E-state index contributed by atoms with van der Waals surface area (Å²) in [5, 5.41) is 18.5. The summed E-state index contributed by atoms with van der Waals surface area (Å²) in [4.78, 5) is 15.3. The number of benzene rings is 2. The highest BCUT2D eigenvalue weighted by molar-refractivity contribution is 5.91. The molecule has 0 atom stereocenters. The average Bonchev–Trinajstić information content (AvgIpc) is 3.31. The summed E-state index contributed by atoms with van der Waals surface area (Å²) in [5.41, 5.74) is 2.15. The third kappa shape index (κ3) is 3.31. The molecule has 0 bridgehead atoms. The number of aryl methyl sites for hydroxylation is 1. The van der Waals surface area contributed by atoms with Crippen LogP contribution in [0.3, 0.4) is 0 Å². The summed E-state index contributed by atoms with van der Waals surface area (Å²) in [7, 11) is 0. The van der Waals surface area contributed by atoms with Gasteiger partial charge in [0.05, 0.1) is 11.1 Å². The van der Waals surface area contributed by atoms with Gasteiger partial charge in [-0.05, 0) is 55.5 Å². The van der Waals surface area contributed by atoms with Crippen molar-refractivity contribution in [2.45, 2.75) is 13.5 Å². The molecular weight excluding hydrogens is 360 g/mol. The molecule has 0 aliphatic rings. The normalized spacial score (nSPS) is 10.7. The third-order valence-corrected chi connectivity index (χ3v) is 4.16. The number of hydrogen-bond acceptors (Lipinski definition) is 6. The number of oxazole rings is 1. The predicted molar refractivity (Wildman–Crippen MR) is 98.9 cm³/mol. The zero-order valence-corrected chi connectivity index (χ0v) is 14.8. The summed E-state index contributed by atoms with van der Waals surface area (Å²) in [6.07, 6.45) is 0.